The van der Waals surface area contributed by atoms with Crippen LogP contribution in [0.15, 0.2) is 60.4 Å². The Morgan fingerprint density at radius 1 is 1.50 bits per heavy atom. The van der Waals surface area contributed by atoms with E-state index in [1.807, 2.05) is 0 Å². The Morgan fingerprint density at radius 3 is 2.56 bits per heavy atom. The molecule has 1 aliphatic rings. The van der Waals surface area contributed by atoms with Crippen LogP contribution >= 0.6 is 0 Å². The van der Waals surface area contributed by atoms with Gasteiger partial charge in [0.05, 0.1) is 18.3 Å². The summed E-state index contributed by atoms with van der Waals surface area (Å²) >= 11 is -2.42. The predicted octanol–water partition coefficient (Wildman–Crippen LogP) is 1.59. The lowest BCUT2D eigenvalue weighted by molar-refractivity contribution is 0.300. The fourth-order valence-electron chi connectivity index (χ4n) is 1.81. The van der Waals surface area contributed by atoms with E-state index in [4.69, 9.17) is 0 Å². The topological polar surface area (TPSA) is 63.6 Å². The van der Waals surface area contributed by atoms with Crippen molar-refractivity contribution in [2.75, 3.05) is 6.61 Å². The lowest BCUT2D eigenvalue weighted by atomic mass is 9.97. The zero-order valence-electron chi connectivity index (χ0n) is 10.2. The van der Waals surface area contributed by atoms with Gasteiger partial charge in [-0.3, -0.25) is 8.51 Å². The van der Waals surface area contributed by atoms with E-state index in [1.54, 1.807) is 31.2 Å². The first-order valence-electron chi connectivity index (χ1n) is 5.42. The molecule has 1 heterocycles. The highest BCUT2D eigenvalue weighted by Crippen LogP contribution is 2.30. The molecule has 0 spiro atoms. The van der Waals surface area contributed by atoms with Gasteiger partial charge >= 0.3 is 0 Å². The summed E-state index contributed by atoms with van der Waals surface area (Å²) in [5.41, 5.74) is 1.83. The molecule has 1 aliphatic heterocycles. The molecule has 0 radical (unpaired) electrons. The third kappa shape index (κ3) is 2.87. The van der Waals surface area contributed by atoms with Gasteiger partial charge in [0.25, 0.3) is 0 Å². The molecule has 0 fully saturated rings. The highest BCUT2D eigenvalue weighted by molar-refractivity contribution is 7.76. The molecule has 0 bridgehead atoms. The Morgan fingerprint density at radius 2 is 2.11 bits per heavy atom. The fourth-order valence-corrected chi connectivity index (χ4v) is 2.53. The van der Waals surface area contributed by atoms with Crippen molar-refractivity contribution < 1.29 is 13.9 Å². The summed E-state index contributed by atoms with van der Waals surface area (Å²) < 4.78 is 23.9. The summed E-state index contributed by atoms with van der Waals surface area (Å²) in [6, 6.07) is -0.415. The van der Waals surface area contributed by atoms with Crippen LogP contribution in [0.5, 0.6) is 0 Å². The van der Waals surface area contributed by atoms with Crippen LogP contribution in [0.2, 0.25) is 0 Å². The van der Waals surface area contributed by atoms with Crippen molar-refractivity contribution in [2.24, 2.45) is 0 Å². The van der Waals surface area contributed by atoms with Gasteiger partial charge in [0.2, 0.25) is 0 Å². The predicted molar refractivity (Wildman–Crippen MR) is 71.9 cm³/mol. The van der Waals surface area contributed by atoms with E-state index in [1.165, 1.54) is 10.4 Å². The monoisotopic (exact) mass is 266 g/mol. The minimum atomic E-state index is -2.42. The van der Waals surface area contributed by atoms with Crippen molar-refractivity contribution in [1.82, 2.24) is 4.31 Å². The van der Waals surface area contributed by atoms with Gasteiger partial charge < -0.3 is 9.66 Å². The van der Waals surface area contributed by atoms with E-state index in [0.29, 0.717) is 16.8 Å². The SMILES string of the molecule is C=C/C=C1/C=C(CO)[C@@H](C)N(S(=O)[O-])/C1=C/C=C. The first kappa shape index (κ1) is 14.6. The molecule has 0 saturated carbocycles. The summed E-state index contributed by atoms with van der Waals surface area (Å²) in [6.07, 6.45) is 8.17. The molecule has 18 heavy (non-hydrogen) atoms. The summed E-state index contributed by atoms with van der Waals surface area (Å²) in [4.78, 5) is 0. The van der Waals surface area contributed by atoms with E-state index in [-0.39, 0.29) is 6.61 Å². The summed E-state index contributed by atoms with van der Waals surface area (Å²) in [7, 11) is 0. The number of hydrogen-bond acceptors (Lipinski definition) is 3. The Balaban J connectivity index is 3.42. The molecule has 2 atom stereocenters. The number of nitrogens with zero attached hydrogens (tertiary/aromatic N) is 1. The molecular weight excluding hydrogens is 250 g/mol. The van der Waals surface area contributed by atoms with Gasteiger partial charge in [0, 0.05) is 11.3 Å². The lowest BCUT2D eigenvalue weighted by Gasteiger charge is -2.39. The average Bonchev–Trinajstić information content (AvgIpc) is 2.32. The van der Waals surface area contributed by atoms with Crippen molar-refractivity contribution in [2.45, 2.75) is 13.0 Å². The second-order valence-corrected chi connectivity index (χ2v) is 4.57. The van der Waals surface area contributed by atoms with Gasteiger partial charge in [-0.15, -0.1) is 0 Å². The highest BCUT2D eigenvalue weighted by atomic mass is 32.2. The Hall–Kier alpha value is -1.43. The van der Waals surface area contributed by atoms with E-state index in [2.05, 4.69) is 13.2 Å². The van der Waals surface area contributed by atoms with Crippen molar-refractivity contribution in [1.29, 1.82) is 0 Å². The number of rotatable bonds is 4. The number of allylic oxidation sites excluding steroid dienone is 5. The summed E-state index contributed by atoms with van der Waals surface area (Å²) in [6.45, 7) is 8.71. The van der Waals surface area contributed by atoms with Crippen molar-refractivity contribution in [3.63, 3.8) is 0 Å². The Kier molecular flexibility index (Phi) is 5.27. The molecule has 1 unspecified atom stereocenters. The normalized spacial score (nSPS) is 26.1. The molecule has 0 aromatic carbocycles. The second kappa shape index (κ2) is 6.49. The van der Waals surface area contributed by atoms with Crippen LogP contribution in [0, 0.1) is 0 Å². The third-order valence-corrected chi connectivity index (χ3v) is 3.51. The van der Waals surface area contributed by atoms with E-state index >= 15 is 0 Å². The second-order valence-electron chi connectivity index (χ2n) is 3.74. The quantitative estimate of drug-likeness (QED) is 0.786. The van der Waals surface area contributed by atoms with Crippen molar-refractivity contribution >= 4 is 11.3 Å². The smallest absolute Gasteiger partial charge is 0.0665 e. The van der Waals surface area contributed by atoms with Crippen LogP contribution in [0.4, 0.5) is 0 Å². The number of aliphatic hydroxyl groups excluding tert-OH is 1. The van der Waals surface area contributed by atoms with Crippen LogP contribution in [0.3, 0.4) is 0 Å². The number of aliphatic hydroxyl groups is 1. The Bertz CT molecular complexity index is 463. The number of hydrogen-bond donors (Lipinski definition) is 1. The standard InChI is InChI=1S/C13H17NO3S/c1-4-6-11-8-12(9-15)10(3)14(18(16)17)13(11)7-5-2/h4-8,10,15H,1-2,9H2,3H3,(H,16,17)/p-1/b11-6-,13-7+/t10-/m1/s1. The molecule has 0 saturated heterocycles. The van der Waals surface area contributed by atoms with Gasteiger partial charge in [0.1, 0.15) is 0 Å². The Labute approximate surface area is 110 Å². The first-order valence-corrected chi connectivity index (χ1v) is 6.45. The first-order chi connectivity index (χ1) is 8.56. The molecule has 1 rings (SSSR count). The molecule has 0 aliphatic carbocycles. The van der Waals surface area contributed by atoms with E-state index in [9.17, 15) is 13.9 Å². The van der Waals surface area contributed by atoms with Gasteiger partial charge in [-0.05, 0) is 30.2 Å². The van der Waals surface area contributed by atoms with Gasteiger partial charge in [0.15, 0.2) is 0 Å². The van der Waals surface area contributed by atoms with Crippen LogP contribution in [0.25, 0.3) is 0 Å². The van der Waals surface area contributed by atoms with E-state index in [0.717, 1.165) is 0 Å². The van der Waals surface area contributed by atoms with Crippen molar-refractivity contribution in [3.8, 4) is 0 Å². The third-order valence-electron chi connectivity index (χ3n) is 2.68. The lowest BCUT2D eigenvalue weighted by Crippen LogP contribution is -2.39. The minimum absolute atomic E-state index is 0.190. The zero-order chi connectivity index (χ0) is 13.7. The minimum Gasteiger partial charge on any atom is -0.755 e. The molecule has 4 nitrogen and oxygen atoms in total. The summed E-state index contributed by atoms with van der Waals surface area (Å²) in [5, 5.41) is 9.27. The van der Waals surface area contributed by atoms with Gasteiger partial charge in [-0.1, -0.05) is 31.4 Å². The van der Waals surface area contributed by atoms with Crippen LogP contribution in [-0.4, -0.2) is 30.8 Å². The maximum Gasteiger partial charge on any atom is 0.0665 e. The molecular formula is C13H16NO3S-. The summed E-state index contributed by atoms with van der Waals surface area (Å²) in [5.74, 6) is 0. The van der Waals surface area contributed by atoms with Gasteiger partial charge in [-0.2, -0.15) is 0 Å². The molecule has 0 aromatic rings. The average molecular weight is 266 g/mol. The maximum atomic E-state index is 11.4. The molecule has 1 N–H and O–H groups in total. The van der Waals surface area contributed by atoms with Crippen molar-refractivity contribution in [3.05, 3.63) is 60.4 Å². The van der Waals surface area contributed by atoms with Crippen LogP contribution in [-0.2, 0) is 11.3 Å². The van der Waals surface area contributed by atoms with Gasteiger partial charge in [-0.25, -0.2) is 0 Å². The van der Waals surface area contributed by atoms with E-state index < -0.39 is 17.3 Å². The van der Waals surface area contributed by atoms with Crippen LogP contribution < -0.4 is 0 Å². The molecule has 98 valence electrons. The largest absolute Gasteiger partial charge is 0.755 e. The fraction of sp³-hybridized carbons (Fsp3) is 0.231. The maximum absolute atomic E-state index is 11.4. The van der Waals surface area contributed by atoms with Crippen LogP contribution in [0.1, 0.15) is 6.92 Å². The molecule has 0 amide bonds. The molecule has 0 aromatic heterocycles. The zero-order valence-corrected chi connectivity index (χ0v) is 11.0. The highest BCUT2D eigenvalue weighted by Gasteiger charge is 2.27. The molecule has 5 heteroatoms.